The van der Waals surface area contributed by atoms with Gasteiger partial charge in [-0.1, -0.05) is 0 Å². The lowest BCUT2D eigenvalue weighted by Gasteiger charge is -2.07. The molecule has 1 N–H and O–H groups in total. The maximum atomic E-state index is 4.69. The summed E-state index contributed by atoms with van der Waals surface area (Å²) in [6, 6.07) is 0. The topological polar surface area (TPSA) is 46.5 Å². The molecule has 0 saturated heterocycles. The summed E-state index contributed by atoms with van der Waals surface area (Å²) >= 11 is 0. The SMILES string of the molecule is Cc1c(-c2nc3c([nH]2)CCCC3)cnn1C. The van der Waals surface area contributed by atoms with Gasteiger partial charge in [-0.25, -0.2) is 4.98 Å². The number of aryl methyl sites for hydroxylation is 3. The zero-order valence-electron chi connectivity index (χ0n) is 9.75. The van der Waals surface area contributed by atoms with Crippen LogP contribution in [0, 0.1) is 6.92 Å². The third-order valence-corrected chi connectivity index (χ3v) is 3.45. The molecule has 4 heteroatoms. The van der Waals surface area contributed by atoms with Crippen LogP contribution < -0.4 is 0 Å². The number of hydrogen-bond acceptors (Lipinski definition) is 2. The van der Waals surface area contributed by atoms with Crippen LogP contribution >= 0.6 is 0 Å². The Balaban J connectivity index is 2.07. The summed E-state index contributed by atoms with van der Waals surface area (Å²) in [6.07, 6.45) is 6.69. The summed E-state index contributed by atoms with van der Waals surface area (Å²) in [7, 11) is 1.96. The van der Waals surface area contributed by atoms with E-state index in [1.807, 2.05) is 17.9 Å². The van der Waals surface area contributed by atoms with Crippen LogP contribution in [0.15, 0.2) is 6.20 Å². The van der Waals surface area contributed by atoms with Gasteiger partial charge < -0.3 is 4.98 Å². The summed E-state index contributed by atoms with van der Waals surface area (Å²) in [6.45, 7) is 2.07. The van der Waals surface area contributed by atoms with Gasteiger partial charge in [0, 0.05) is 18.4 Å². The van der Waals surface area contributed by atoms with E-state index in [0.29, 0.717) is 0 Å². The molecule has 4 nitrogen and oxygen atoms in total. The Morgan fingerprint density at radius 2 is 2.12 bits per heavy atom. The van der Waals surface area contributed by atoms with Crippen LogP contribution in [0.1, 0.15) is 29.9 Å². The van der Waals surface area contributed by atoms with Crippen molar-refractivity contribution >= 4 is 0 Å². The number of aromatic amines is 1. The number of imidazole rings is 1. The molecule has 0 radical (unpaired) electrons. The van der Waals surface area contributed by atoms with E-state index >= 15 is 0 Å². The number of rotatable bonds is 1. The molecule has 3 rings (SSSR count). The van der Waals surface area contributed by atoms with Gasteiger partial charge in [0.2, 0.25) is 0 Å². The van der Waals surface area contributed by atoms with Crippen LogP contribution in [0.5, 0.6) is 0 Å². The quantitative estimate of drug-likeness (QED) is 0.792. The molecule has 0 saturated carbocycles. The molecule has 2 aromatic rings. The Morgan fingerprint density at radius 3 is 2.81 bits per heavy atom. The first-order chi connectivity index (χ1) is 7.75. The highest BCUT2D eigenvalue weighted by molar-refractivity contribution is 5.58. The maximum absolute atomic E-state index is 4.69. The van der Waals surface area contributed by atoms with Gasteiger partial charge in [0.15, 0.2) is 0 Å². The van der Waals surface area contributed by atoms with Gasteiger partial charge >= 0.3 is 0 Å². The lowest BCUT2D eigenvalue weighted by molar-refractivity contribution is 0.667. The molecule has 2 heterocycles. The van der Waals surface area contributed by atoms with E-state index in [2.05, 4.69) is 22.0 Å². The van der Waals surface area contributed by atoms with Crippen molar-refractivity contribution in [2.24, 2.45) is 7.05 Å². The van der Waals surface area contributed by atoms with E-state index in [1.165, 1.54) is 24.2 Å². The van der Waals surface area contributed by atoms with Gasteiger partial charge in [0.1, 0.15) is 5.82 Å². The standard InChI is InChI=1S/C12H16N4/c1-8-9(7-13-16(8)2)12-14-10-5-3-4-6-11(10)15-12/h7H,3-6H2,1-2H3,(H,14,15). The van der Waals surface area contributed by atoms with Gasteiger partial charge in [-0.15, -0.1) is 0 Å². The third kappa shape index (κ3) is 1.37. The summed E-state index contributed by atoms with van der Waals surface area (Å²) < 4.78 is 1.89. The van der Waals surface area contributed by atoms with Crippen LogP contribution in [-0.2, 0) is 19.9 Å². The number of aromatic nitrogens is 4. The third-order valence-electron chi connectivity index (χ3n) is 3.45. The molecule has 0 atom stereocenters. The maximum Gasteiger partial charge on any atom is 0.141 e. The first-order valence-corrected chi connectivity index (χ1v) is 5.82. The molecule has 0 spiro atoms. The van der Waals surface area contributed by atoms with Crippen LogP contribution in [0.3, 0.4) is 0 Å². The van der Waals surface area contributed by atoms with Crippen molar-refractivity contribution < 1.29 is 0 Å². The Labute approximate surface area is 94.7 Å². The highest BCUT2D eigenvalue weighted by Crippen LogP contribution is 2.25. The van der Waals surface area contributed by atoms with Crippen molar-refractivity contribution in [3.8, 4) is 11.4 Å². The summed E-state index contributed by atoms with van der Waals surface area (Å²) in [5, 5.41) is 4.26. The molecular formula is C12H16N4. The normalized spacial score (nSPS) is 15.1. The van der Waals surface area contributed by atoms with Crippen LogP contribution in [0.4, 0.5) is 0 Å². The molecule has 1 aliphatic carbocycles. The first kappa shape index (κ1) is 9.63. The fourth-order valence-corrected chi connectivity index (χ4v) is 2.31. The molecule has 0 fully saturated rings. The number of H-pyrrole nitrogens is 1. The van der Waals surface area contributed by atoms with Crippen LogP contribution in [-0.4, -0.2) is 19.7 Å². The van der Waals surface area contributed by atoms with E-state index < -0.39 is 0 Å². The molecule has 1 aliphatic rings. The van der Waals surface area contributed by atoms with Gasteiger partial charge in [0.05, 0.1) is 17.5 Å². The molecule has 0 bridgehead atoms. The molecule has 0 amide bonds. The average Bonchev–Trinajstić information content (AvgIpc) is 2.84. The number of nitrogens with zero attached hydrogens (tertiary/aromatic N) is 3. The fourth-order valence-electron chi connectivity index (χ4n) is 2.31. The largest absolute Gasteiger partial charge is 0.342 e. The first-order valence-electron chi connectivity index (χ1n) is 5.82. The van der Waals surface area contributed by atoms with Crippen LogP contribution in [0.25, 0.3) is 11.4 Å². The van der Waals surface area contributed by atoms with E-state index in [1.54, 1.807) is 0 Å². The van der Waals surface area contributed by atoms with E-state index in [4.69, 9.17) is 0 Å². The molecule has 0 aliphatic heterocycles. The molecule has 0 aromatic carbocycles. The average molecular weight is 216 g/mol. The van der Waals surface area contributed by atoms with Gasteiger partial charge in [-0.3, -0.25) is 4.68 Å². The number of hydrogen-bond donors (Lipinski definition) is 1. The predicted octanol–water partition coefficient (Wildman–Crippen LogP) is 2.00. The summed E-state index contributed by atoms with van der Waals surface area (Å²) in [5.41, 5.74) is 4.86. The molecule has 2 aromatic heterocycles. The molecule has 84 valence electrons. The summed E-state index contributed by atoms with van der Waals surface area (Å²) in [5.74, 6) is 0.984. The van der Waals surface area contributed by atoms with E-state index in [0.717, 1.165) is 29.9 Å². The van der Waals surface area contributed by atoms with Gasteiger partial charge in [-0.05, 0) is 32.6 Å². The second-order valence-corrected chi connectivity index (χ2v) is 4.49. The number of fused-ring (bicyclic) bond motifs is 1. The lowest BCUT2D eigenvalue weighted by atomic mass is 10.0. The number of nitrogens with one attached hydrogen (secondary N) is 1. The van der Waals surface area contributed by atoms with E-state index in [-0.39, 0.29) is 0 Å². The Kier molecular flexibility index (Phi) is 2.09. The highest BCUT2D eigenvalue weighted by atomic mass is 15.3. The van der Waals surface area contributed by atoms with E-state index in [9.17, 15) is 0 Å². The monoisotopic (exact) mass is 216 g/mol. The Morgan fingerprint density at radius 1 is 1.31 bits per heavy atom. The van der Waals surface area contributed by atoms with Crippen molar-refractivity contribution in [1.82, 2.24) is 19.7 Å². The lowest BCUT2D eigenvalue weighted by Crippen LogP contribution is -2.00. The van der Waals surface area contributed by atoms with Gasteiger partial charge in [-0.2, -0.15) is 5.10 Å². The Bertz CT molecular complexity index is 498. The van der Waals surface area contributed by atoms with Crippen molar-refractivity contribution in [2.45, 2.75) is 32.6 Å². The minimum absolute atomic E-state index is 0.984. The van der Waals surface area contributed by atoms with Crippen LogP contribution in [0.2, 0.25) is 0 Å². The minimum Gasteiger partial charge on any atom is -0.342 e. The smallest absolute Gasteiger partial charge is 0.141 e. The second kappa shape index (κ2) is 3.47. The zero-order valence-corrected chi connectivity index (χ0v) is 9.75. The fraction of sp³-hybridized carbons (Fsp3) is 0.500. The Hall–Kier alpha value is -1.58. The zero-order chi connectivity index (χ0) is 11.1. The van der Waals surface area contributed by atoms with Crippen molar-refractivity contribution in [3.05, 3.63) is 23.3 Å². The summed E-state index contributed by atoms with van der Waals surface area (Å²) in [4.78, 5) is 8.13. The molecule has 0 unspecified atom stereocenters. The van der Waals surface area contributed by atoms with Crippen molar-refractivity contribution in [1.29, 1.82) is 0 Å². The predicted molar refractivity (Wildman–Crippen MR) is 62.2 cm³/mol. The van der Waals surface area contributed by atoms with Gasteiger partial charge in [0.25, 0.3) is 0 Å². The second-order valence-electron chi connectivity index (χ2n) is 4.49. The highest BCUT2D eigenvalue weighted by Gasteiger charge is 2.17. The minimum atomic E-state index is 0.984. The molecular weight excluding hydrogens is 200 g/mol. The van der Waals surface area contributed by atoms with Crippen molar-refractivity contribution in [2.75, 3.05) is 0 Å². The molecule has 16 heavy (non-hydrogen) atoms. The van der Waals surface area contributed by atoms with Crippen molar-refractivity contribution in [3.63, 3.8) is 0 Å².